The highest BCUT2D eigenvalue weighted by Gasteiger charge is 2.32. The lowest BCUT2D eigenvalue weighted by molar-refractivity contribution is -0.137. The second kappa shape index (κ2) is 7.61. The average Bonchev–Trinajstić information content (AvgIpc) is 3.05. The third-order valence-electron chi connectivity index (χ3n) is 5.43. The molecule has 0 amide bonds. The molecule has 2 atom stereocenters. The van der Waals surface area contributed by atoms with E-state index in [9.17, 15) is 17.6 Å². The number of carboxylic acids is 1. The normalized spacial score (nSPS) is 19.2. The molecule has 152 valence electrons. The van der Waals surface area contributed by atoms with Crippen LogP contribution in [0.5, 0.6) is 0 Å². The van der Waals surface area contributed by atoms with Gasteiger partial charge in [0, 0.05) is 35.0 Å². The van der Waals surface area contributed by atoms with Gasteiger partial charge in [-0.05, 0) is 55.2 Å². The van der Waals surface area contributed by atoms with Crippen molar-refractivity contribution < 1.29 is 22.7 Å². The number of hydrogen-bond donors (Lipinski definition) is 3. The Bertz CT molecular complexity index is 1160. The lowest BCUT2D eigenvalue weighted by atomic mass is 9.81. The number of sulfonamides is 1. The molecular formula is C21H21FN2O4S. The van der Waals surface area contributed by atoms with Crippen LogP contribution in [-0.2, 0) is 21.2 Å². The fraction of sp³-hybridized carbons (Fsp3) is 0.286. The Morgan fingerprint density at radius 2 is 1.90 bits per heavy atom. The van der Waals surface area contributed by atoms with E-state index in [4.69, 9.17) is 5.11 Å². The number of aliphatic carboxylic acids is 1. The molecule has 6 nitrogen and oxygen atoms in total. The Morgan fingerprint density at radius 3 is 2.62 bits per heavy atom. The van der Waals surface area contributed by atoms with Gasteiger partial charge in [0.25, 0.3) is 0 Å². The molecule has 0 radical (unpaired) electrons. The molecule has 1 aliphatic carbocycles. The number of aromatic nitrogens is 1. The molecule has 0 aliphatic heterocycles. The number of rotatable bonds is 6. The third-order valence-corrected chi connectivity index (χ3v) is 6.96. The van der Waals surface area contributed by atoms with Crippen molar-refractivity contribution in [3.05, 3.63) is 65.6 Å². The van der Waals surface area contributed by atoms with Gasteiger partial charge in [-0.15, -0.1) is 0 Å². The molecule has 29 heavy (non-hydrogen) atoms. The van der Waals surface area contributed by atoms with Crippen LogP contribution >= 0.6 is 0 Å². The molecule has 1 heterocycles. The predicted octanol–water partition coefficient (Wildman–Crippen LogP) is 3.55. The summed E-state index contributed by atoms with van der Waals surface area (Å²) in [6, 6.07) is 12.1. The number of carboxylic acid groups (broad SMARTS) is 1. The lowest BCUT2D eigenvalue weighted by Crippen LogP contribution is -2.40. The van der Waals surface area contributed by atoms with Crippen molar-refractivity contribution in [2.24, 2.45) is 0 Å². The Labute approximate surface area is 167 Å². The summed E-state index contributed by atoms with van der Waals surface area (Å²) in [5.74, 6) is -1.47. The topological polar surface area (TPSA) is 99.3 Å². The van der Waals surface area contributed by atoms with Crippen LogP contribution in [0.4, 0.5) is 4.39 Å². The van der Waals surface area contributed by atoms with E-state index < -0.39 is 21.8 Å². The van der Waals surface area contributed by atoms with Crippen LogP contribution in [0.3, 0.4) is 0 Å². The van der Waals surface area contributed by atoms with Gasteiger partial charge in [0.15, 0.2) is 0 Å². The zero-order valence-electron chi connectivity index (χ0n) is 15.6. The van der Waals surface area contributed by atoms with Crippen LogP contribution in [0.25, 0.3) is 10.9 Å². The van der Waals surface area contributed by atoms with E-state index in [-0.39, 0.29) is 23.3 Å². The Kier molecular flexibility index (Phi) is 5.14. The third kappa shape index (κ3) is 4.04. The van der Waals surface area contributed by atoms with Crippen molar-refractivity contribution >= 4 is 26.9 Å². The Balaban J connectivity index is 1.65. The van der Waals surface area contributed by atoms with Gasteiger partial charge in [-0.25, -0.2) is 17.5 Å². The molecule has 0 spiro atoms. The minimum Gasteiger partial charge on any atom is -0.481 e. The highest BCUT2D eigenvalue weighted by atomic mass is 32.2. The molecule has 2 aromatic carbocycles. The van der Waals surface area contributed by atoms with Gasteiger partial charge in [0.05, 0.1) is 4.90 Å². The van der Waals surface area contributed by atoms with Crippen LogP contribution in [0.15, 0.2) is 53.4 Å². The molecule has 1 unspecified atom stereocenters. The maximum Gasteiger partial charge on any atom is 0.303 e. The molecule has 0 bridgehead atoms. The highest BCUT2D eigenvalue weighted by molar-refractivity contribution is 7.89. The second-order valence-corrected chi connectivity index (χ2v) is 9.12. The van der Waals surface area contributed by atoms with E-state index in [0.717, 1.165) is 34.3 Å². The van der Waals surface area contributed by atoms with Crippen molar-refractivity contribution in [1.29, 1.82) is 0 Å². The number of carbonyl (C=O) groups is 1. The monoisotopic (exact) mass is 416 g/mol. The molecule has 0 fully saturated rings. The van der Waals surface area contributed by atoms with Gasteiger partial charge in [0.2, 0.25) is 10.0 Å². The maximum atomic E-state index is 13.1. The van der Waals surface area contributed by atoms with E-state index in [1.807, 2.05) is 24.3 Å². The largest absolute Gasteiger partial charge is 0.481 e. The van der Waals surface area contributed by atoms with Crippen LogP contribution in [0, 0.1) is 5.82 Å². The fourth-order valence-electron chi connectivity index (χ4n) is 4.13. The first-order valence-electron chi connectivity index (χ1n) is 9.42. The molecule has 0 saturated carbocycles. The van der Waals surface area contributed by atoms with Gasteiger partial charge in [-0.3, -0.25) is 4.79 Å². The van der Waals surface area contributed by atoms with Crippen LogP contribution in [-0.4, -0.2) is 30.5 Å². The van der Waals surface area contributed by atoms with E-state index >= 15 is 0 Å². The number of aromatic amines is 1. The van der Waals surface area contributed by atoms with Crippen molar-refractivity contribution in [2.45, 2.75) is 42.5 Å². The number of H-pyrrole nitrogens is 1. The molecular weight excluding hydrogens is 395 g/mol. The van der Waals surface area contributed by atoms with E-state index in [0.29, 0.717) is 19.3 Å². The minimum absolute atomic E-state index is 0.00529. The maximum absolute atomic E-state index is 13.1. The number of benzene rings is 2. The second-order valence-electron chi connectivity index (χ2n) is 7.40. The molecule has 3 aromatic rings. The highest BCUT2D eigenvalue weighted by Crippen LogP contribution is 2.38. The van der Waals surface area contributed by atoms with E-state index in [1.54, 1.807) is 0 Å². The molecule has 3 N–H and O–H groups in total. The summed E-state index contributed by atoms with van der Waals surface area (Å²) in [7, 11) is -3.81. The smallest absolute Gasteiger partial charge is 0.303 e. The number of fused-ring (bicyclic) bond motifs is 3. The summed E-state index contributed by atoms with van der Waals surface area (Å²) in [5, 5.41) is 10.1. The van der Waals surface area contributed by atoms with E-state index in [2.05, 4.69) is 9.71 Å². The fourth-order valence-corrected chi connectivity index (χ4v) is 5.38. The average molecular weight is 416 g/mol. The van der Waals surface area contributed by atoms with Crippen molar-refractivity contribution in [3.63, 3.8) is 0 Å². The summed E-state index contributed by atoms with van der Waals surface area (Å²) < 4.78 is 41.4. The van der Waals surface area contributed by atoms with Crippen molar-refractivity contribution in [2.75, 3.05) is 0 Å². The van der Waals surface area contributed by atoms with Crippen LogP contribution < -0.4 is 4.72 Å². The molecule has 8 heteroatoms. The lowest BCUT2D eigenvalue weighted by Gasteiger charge is -2.30. The Morgan fingerprint density at radius 1 is 1.17 bits per heavy atom. The predicted molar refractivity (Wildman–Crippen MR) is 107 cm³/mol. The number of nitrogens with one attached hydrogen (secondary N) is 2. The quantitative estimate of drug-likeness (QED) is 0.572. The number of hydrogen-bond acceptors (Lipinski definition) is 3. The number of halogens is 1. The van der Waals surface area contributed by atoms with Gasteiger partial charge in [-0.1, -0.05) is 18.2 Å². The van der Waals surface area contributed by atoms with Gasteiger partial charge in [-0.2, -0.15) is 0 Å². The van der Waals surface area contributed by atoms with Crippen molar-refractivity contribution in [1.82, 2.24) is 9.71 Å². The number of para-hydroxylation sites is 1. The van der Waals surface area contributed by atoms with Crippen LogP contribution in [0.2, 0.25) is 0 Å². The van der Waals surface area contributed by atoms with Gasteiger partial charge in [0.1, 0.15) is 5.82 Å². The summed E-state index contributed by atoms with van der Waals surface area (Å²) in [6.45, 7) is 0. The SMILES string of the molecule is O=C(O)CCC1C[C@@H](NS(=O)(=O)c2ccc(F)cc2)Cc2c1[nH]c1ccccc21. The first-order valence-corrected chi connectivity index (χ1v) is 10.9. The molecule has 0 saturated heterocycles. The first kappa shape index (κ1) is 19.6. The summed E-state index contributed by atoms with van der Waals surface area (Å²) in [6.07, 6.45) is 1.43. The van der Waals surface area contributed by atoms with Crippen molar-refractivity contribution in [3.8, 4) is 0 Å². The minimum atomic E-state index is -3.81. The summed E-state index contributed by atoms with van der Waals surface area (Å²) >= 11 is 0. The molecule has 1 aromatic heterocycles. The van der Waals surface area contributed by atoms with Gasteiger partial charge >= 0.3 is 5.97 Å². The summed E-state index contributed by atoms with van der Waals surface area (Å²) in [5.41, 5.74) is 2.97. The van der Waals surface area contributed by atoms with E-state index in [1.165, 1.54) is 12.1 Å². The Hall–Kier alpha value is -2.71. The molecule has 1 aliphatic rings. The zero-order chi connectivity index (χ0) is 20.6. The van der Waals surface area contributed by atoms with Crippen LogP contribution in [0.1, 0.15) is 36.4 Å². The standard InChI is InChI=1S/C21H21FN2O4S/c22-14-6-8-16(9-7-14)29(27,28)24-15-11-13(5-10-20(25)26)21-18(12-15)17-3-1-2-4-19(17)23-21/h1-4,6-9,13,15,23-24H,5,10-12H2,(H,25,26)/t13?,15-/m1/s1. The summed E-state index contributed by atoms with van der Waals surface area (Å²) in [4.78, 5) is 14.5. The molecule has 4 rings (SSSR count). The zero-order valence-corrected chi connectivity index (χ0v) is 16.4. The first-order chi connectivity index (χ1) is 13.8. The van der Waals surface area contributed by atoms with Gasteiger partial charge < -0.3 is 10.1 Å².